The molecule has 2 aromatic heterocycles. The summed E-state index contributed by atoms with van der Waals surface area (Å²) in [6.07, 6.45) is -1.27. The second-order valence-corrected chi connectivity index (χ2v) is 7.22. The molecule has 0 unspecified atom stereocenters. The molecule has 0 aliphatic carbocycles. The Morgan fingerprint density at radius 2 is 1.97 bits per heavy atom. The zero-order valence-corrected chi connectivity index (χ0v) is 16.4. The second kappa shape index (κ2) is 7.86. The van der Waals surface area contributed by atoms with Crippen LogP contribution in [0, 0.1) is 6.92 Å². The van der Waals surface area contributed by atoms with Gasteiger partial charge in [-0.15, -0.1) is 0 Å². The lowest BCUT2D eigenvalue weighted by Gasteiger charge is -2.38. The number of anilines is 3. The van der Waals surface area contributed by atoms with Gasteiger partial charge in [-0.25, -0.2) is 19.7 Å². The molecule has 0 saturated carbocycles. The summed E-state index contributed by atoms with van der Waals surface area (Å²) in [6.45, 7) is 2.50. The van der Waals surface area contributed by atoms with Crippen LogP contribution in [-0.4, -0.2) is 38.6 Å². The van der Waals surface area contributed by atoms with E-state index in [2.05, 4.69) is 20.3 Å². The SMILES string of the molecule is Cc1cc(Nc2nccc(C(F)(F)F)n2)cc(-c2ccc(N3CC[C@H]3C(=O)O)nc2)c1. The maximum Gasteiger partial charge on any atom is 0.433 e. The molecule has 1 atom stereocenters. The molecule has 1 aromatic carbocycles. The minimum Gasteiger partial charge on any atom is -0.480 e. The van der Waals surface area contributed by atoms with E-state index in [0.717, 1.165) is 29.0 Å². The first kappa shape index (κ1) is 20.6. The Morgan fingerprint density at radius 3 is 2.58 bits per heavy atom. The van der Waals surface area contributed by atoms with Gasteiger partial charge in [-0.1, -0.05) is 6.07 Å². The number of carboxylic acids is 1. The van der Waals surface area contributed by atoms with Gasteiger partial charge in [-0.05, 0) is 54.8 Å². The van der Waals surface area contributed by atoms with Gasteiger partial charge in [0.15, 0.2) is 0 Å². The smallest absolute Gasteiger partial charge is 0.433 e. The predicted octanol–water partition coefficient (Wildman–Crippen LogP) is 4.27. The Morgan fingerprint density at radius 1 is 1.16 bits per heavy atom. The van der Waals surface area contributed by atoms with Crippen molar-refractivity contribution in [1.29, 1.82) is 0 Å². The summed E-state index contributed by atoms with van der Waals surface area (Å²) < 4.78 is 38.6. The molecule has 3 aromatic rings. The topological polar surface area (TPSA) is 91.2 Å². The summed E-state index contributed by atoms with van der Waals surface area (Å²) in [5.74, 6) is -0.438. The van der Waals surface area contributed by atoms with E-state index in [1.165, 1.54) is 0 Å². The highest BCUT2D eigenvalue weighted by Crippen LogP contribution is 2.31. The number of carboxylic acid groups (broad SMARTS) is 1. The molecule has 0 radical (unpaired) electrons. The molecule has 0 amide bonds. The number of aliphatic carboxylic acids is 1. The van der Waals surface area contributed by atoms with Crippen LogP contribution in [-0.2, 0) is 11.0 Å². The summed E-state index contributed by atoms with van der Waals surface area (Å²) in [5.41, 5.74) is 1.97. The van der Waals surface area contributed by atoms with E-state index in [9.17, 15) is 23.1 Å². The monoisotopic (exact) mass is 429 g/mol. The Balaban J connectivity index is 1.56. The van der Waals surface area contributed by atoms with Crippen molar-refractivity contribution in [2.75, 3.05) is 16.8 Å². The molecule has 1 saturated heterocycles. The summed E-state index contributed by atoms with van der Waals surface area (Å²) in [5, 5.41) is 12.0. The van der Waals surface area contributed by atoms with Crippen LogP contribution in [0.2, 0.25) is 0 Å². The summed E-state index contributed by atoms with van der Waals surface area (Å²) in [6, 6.07) is 9.30. The van der Waals surface area contributed by atoms with Crippen LogP contribution < -0.4 is 10.2 Å². The van der Waals surface area contributed by atoms with Crippen molar-refractivity contribution in [2.24, 2.45) is 0 Å². The number of carbonyl (C=O) groups is 1. The fraction of sp³-hybridized carbons (Fsp3) is 0.238. The Hall–Kier alpha value is -3.69. The highest BCUT2D eigenvalue weighted by atomic mass is 19.4. The summed E-state index contributed by atoms with van der Waals surface area (Å²) in [4.78, 5) is 24.7. The zero-order valence-electron chi connectivity index (χ0n) is 16.4. The van der Waals surface area contributed by atoms with Crippen LogP contribution in [0.4, 0.5) is 30.6 Å². The molecule has 160 valence electrons. The molecule has 31 heavy (non-hydrogen) atoms. The van der Waals surface area contributed by atoms with E-state index >= 15 is 0 Å². The minimum atomic E-state index is -4.55. The van der Waals surface area contributed by atoms with Crippen LogP contribution in [0.25, 0.3) is 11.1 Å². The highest BCUT2D eigenvalue weighted by Gasteiger charge is 2.35. The van der Waals surface area contributed by atoms with Crippen molar-refractivity contribution in [1.82, 2.24) is 15.0 Å². The van der Waals surface area contributed by atoms with Crippen molar-refractivity contribution < 1.29 is 23.1 Å². The number of hydrogen-bond donors (Lipinski definition) is 2. The second-order valence-electron chi connectivity index (χ2n) is 7.22. The predicted molar refractivity (Wildman–Crippen MR) is 108 cm³/mol. The number of alkyl halides is 3. The van der Waals surface area contributed by atoms with Gasteiger partial charge in [-0.2, -0.15) is 13.2 Å². The van der Waals surface area contributed by atoms with Crippen LogP contribution >= 0.6 is 0 Å². The van der Waals surface area contributed by atoms with Gasteiger partial charge in [0.1, 0.15) is 17.6 Å². The summed E-state index contributed by atoms with van der Waals surface area (Å²) >= 11 is 0. The van der Waals surface area contributed by atoms with E-state index in [4.69, 9.17) is 0 Å². The minimum absolute atomic E-state index is 0.155. The molecular weight excluding hydrogens is 411 g/mol. The first-order chi connectivity index (χ1) is 14.7. The lowest BCUT2D eigenvalue weighted by atomic mass is 10.0. The van der Waals surface area contributed by atoms with E-state index in [1.807, 2.05) is 19.1 Å². The first-order valence-corrected chi connectivity index (χ1v) is 9.45. The normalized spacial score (nSPS) is 16.0. The molecule has 2 N–H and O–H groups in total. The average molecular weight is 429 g/mol. The fourth-order valence-corrected chi connectivity index (χ4v) is 3.37. The molecule has 3 heterocycles. The number of rotatable bonds is 5. The van der Waals surface area contributed by atoms with E-state index < -0.39 is 23.9 Å². The average Bonchev–Trinajstić information content (AvgIpc) is 2.66. The highest BCUT2D eigenvalue weighted by molar-refractivity contribution is 5.80. The third-order valence-electron chi connectivity index (χ3n) is 4.96. The van der Waals surface area contributed by atoms with Gasteiger partial charge in [0.25, 0.3) is 0 Å². The van der Waals surface area contributed by atoms with Gasteiger partial charge in [-0.3, -0.25) is 0 Å². The quantitative estimate of drug-likeness (QED) is 0.626. The van der Waals surface area contributed by atoms with Crippen LogP contribution in [0.5, 0.6) is 0 Å². The molecule has 10 heteroatoms. The summed E-state index contributed by atoms with van der Waals surface area (Å²) in [7, 11) is 0. The molecular formula is C21H18F3N5O2. The molecule has 1 aliphatic rings. The van der Waals surface area contributed by atoms with Crippen LogP contribution in [0.1, 0.15) is 17.7 Å². The van der Waals surface area contributed by atoms with Crippen molar-refractivity contribution in [2.45, 2.75) is 25.6 Å². The molecule has 0 spiro atoms. The first-order valence-electron chi connectivity index (χ1n) is 9.45. The number of aryl methyl sites for hydroxylation is 1. The number of pyridine rings is 1. The maximum atomic E-state index is 12.9. The van der Waals surface area contributed by atoms with Crippen LogP contribution in [0.15, 0.2) is 48.8 Å². The van der Waals surface area contributed by atoms with Crippen molar-refractivity contribution in [3.8, 4) is 11.1 Å². The standard InChI is InChI=1S/C21H18F3N5O2/c1-12-8-14(13-2-3-18(26-11-13)29-7-5-16(29)19(30)31)10-15(9-12)27-20-25-6-4-17(28-20)21(22,23)24/h2-4,6,8-11,16H,5,7H2,1H3,(H,30,31)(H,25,27,28)/t16-/m0/s1. The van der Waals surface area contributed by atoms with E-state index in [0.29, 0.717) is 24.5 Å². The third kappa shape index (κ3) is 4.42. The molecule has 4 rings (SSSR count). The number of halogens is 3. The fourth-order valence-electron chi connectivity index (χ4n) is 3.37. The molecule has 1 aliphatic heterocycles. The van der Waals surface area contributed by atoms with Crippen molar-refractivity contribution in [3.05, 3.63) is 60.0 Å². The molecule has 0 bridgehead atoms. The van der Waals surface area contributed by atoms with Gasteiger partial charge >= 0.3 is 12.1 Å². The van der Waals surface area contributed by atoms with Gasteiger partial charge in [0, 0.05) is 30.2 Å². The van der Waals surface area contributed by atoms with Gasteiger partial charge < -0.3 is 15.3 Å². The Bertz CT molecular complexity index is 1120. The largest absolute Gasteiger partial charge is 0.480 e. The lowest BCUT2D eigenvalue weighted by Crippen LogP contribution is -2.52. The van der Waals surface area contributed by atoms with E-state index in [-0.39, 0.29) is 5.95 Å². The van der Waals surface area contributed by atoms with Crippen molar-refractivity contribution in [3.63, 3.8) is 0 Å². The zero-order chi connectivity index (χ0) is 22.2. The number of nitrogens with one attached hydrogen (secondary N) is 1. The van der Waals surface area contributed by atoms with E-state index in [1.54, 1.807) is 29.3 Å². The lowest BCUT2D eigenvalue weighted by molar-refractivity contribution is -0.141. The van der Waals surface area contributed by atoms with Gasteiger partial charge in [0.2, 0.25) is 5.95 Å². The number of nitrogens with zero attached hydrogens (tertiary/aromatic N) is 4. The third-order valence-corrected chi connectivity index (χ3v) is 4.96. The number of aromatic nitrogens is 3. The number of benzene rings is 1. The Kier molecular flexibility index (Phi) is 5.22. The van der Waals surface area contributed by atoms with Crippen molar-refractivity contribution >= 4 is 23.4 Å². The van der Waals surface area contributed by atoms with Crippen LogP contribution in [0.3, 0.4) is 0 Å². The maximum absolute atomic E-state index is 12.9. The molecule has 1 fully saturated rings. The number of hydrogen-bond acceptors (Lipinski definition) is 6. The van der Waals surface area contributed by atoms with Gasteiger partial charge in [0.05, 0.1) is 0 Å². The molecule has 7 nitrogen and oxygen atoms in total. The Labute approximate surface area is 175 Å².